The lowest BCUT2D eigenvalue weighted by Gasteiger charge is -2.07. The summed E-state index contributed by atoms with van der Waals surface area (Å²) >= 11 is 0. The van der Waals surface area contributed by atoms with Gasteiger partial charge in [-0.1, -0.05) is 24.6 Å². The summed E-state index contributed by atoms with van der Waals surface area (Å²) < 4.78 is 5.30. The van der Waals surface area contributed by atoms with Crippen molar-refractivity contribution in [1.82, 2.24) is 5.32 Å². The van der Waals surface area contributed by atoms with Crippen molar-refractivity contribution in [2.75, 3.05) is 13.2 Å². The third-order valence-electron chi connectivity index (χ3n) is 2.54. The molecule has 2 amide bonds. The van der Waals surface area contributed by atoms with Crippen molar-refractivity contribution < 1.29 is 14.3 Å². The summed E-state index contributed by atoms with van der Waals surface area (Å²) in [5, 5.41) is 2.76. The zero-order valence-electron chi connectivity index (χ0n) is 10.9. The lowest BCUT2D eigenvalue weighted by molar-refractivity contribution is -0.123. The minimum absolute atomic E-state index is 0.0191. The van der Waals surface area contributed by atoms with E-state index < -0.39 is 0 Å². The Hall–Kier alpha value is -2.04. The van der Waals surface area contributed by atoms with Crippen LogP contribution in [0.2, 0.25) is 0 Å². The fourth-order valence-corrected chi connectivity index (χ4v) is 1.55. The number of nitrogens with two attached hydrogens (primary N) is 1. The molecule has 0 saturated heterocycles. The molecule has 0 aliphatic carbocycles. The van der Waals surface area contributed by atoms with Crippen molar-refractivity contribution in [3.63, 3.8) is 0 Å². The molecule has 19 heavy (non-hydrogen) atoms. The number of nitrogens with one attached hydrogen (secondary N) is 1. The maximum Gasteiger partial charge on any atom is 0.257 e. The number of carbonyl (C=O) groups excluding carboxylic acids is 2. The monoisotopic (exact) mass is 264 g/mol. The van der Waals surface area contributed by atoms with E-state index in [4.69, 9.17) is 10.5 Å². The van der Waals surface area contributed by atoms with Crippen molar-refractivity contribution in [2.45, 2.75) is 25.7 Å². The predicted molar refractivity (Wildman–Crippen MR) is 72.6 cm³/mol. The molecule has 0 spiro atoms. The van der Waals surface area contributed by atoms with Crippen molar-refractivity contribution in [2.24, 2.45) is 5.73 Å². The number of benzene rings is 1. The molecule has 0 heterocycles. The quantitative estimate of drug-likeness (QED) is 0.658. The van der Waals surface area contributed by atoms with Gasteiger partial charge in [-0.3, -0.25) is 9.59 Å². The van der Waals surface area contributed by atoms with E-state index in [0.29, 0.717) is 18.7 Å². The van der Waals surface area contributed by atoms with Gasteiger partial charge in [0.05, 0.1) is 0 Å². The van der Waals surface area contributed by atoms with Gasteiger partial charge in [-0.15, -0.1) is 0 Å². The first-order valence-corrected chi connectivity index (χ1v) is 6.41. The van der Waals surface area contributed by atoms with Gasteiger partial charge < -0.3 is 15.8 Å². The van der Waals surface area contributed by atoms with Gasteiger partial charge in [-0.2, -0.15) is 0 Å². The van der Waals surface area contributed by atoms with Crippen LogP contribution in [-0.2, 0) is 9.59 Å². The summed E-state index contributed by atoms with van der Waals surface area (Å²) in [4.78, 5) is 21.9. The molecule has 0 aliphatic heterocycles. The number of hydrogen-bond donors (Lipinski definition) is 2. The molecule has 0 fully saturated rings. The van der Waals surface area contributed by atoms with E-state index in [0.717, 1.165) is 19.3 Å². The molecule has 0 radical (unpaired) electrons. The first kappa shape index (κ1) is 15.0. The molecule has 0 atom stereocenters. The molecule has 0 saturated carbocycles. The highest BCUT2D eigenvalue weighted by Gasteiger charge is 2.01. The zero-order valence-corrected chi connectivity index (χ0v) is 10.9. The Labute approximate surface area is 113 Å². The lowest BCUT2D eigenvalue weighted by Crippen LogP contribution is -2.29. The number of hydrogen-bond acceptors (Lipinski definition) is 3. The third kappa shape index (κ3) is 7.81. The van der Waals surface area contributed by atoms with Crippen LogP contribution in [0.5, 0.6) is 5.75 Å². The van der Waals surface area contributed by atoms with Crippen molar-refractivity contribution in [3.8, 4) is 5.75 Å². The summed E-state index contributed by atoms with van der Waals surface area (Å²) in [6.07, 6.45) is 2.89. The average Bonchev–Trinajstić information content (AvgIpc) is 2.41. The summed E-state index contributed by atoms with van der Waals surface area (Å²) in [5.41, 5.74) is 5.03. The van der Waals surface area contributed by atoms with Gasteiger partial charge >= 0.3 is 0 Å². The van der Waals surface area contributed by atoms with Crippen LogP contribution in [0.4, 0.5) is 0 Å². The van der Waals surface area contributed by atoms with Gasteiger partial charge in [-0.05, 0) is 25.0 Å². The van der Waals surface area contributed by atoms with Crippen LogP contribution in [0.15, 0.2) is 30.3 Å². The minimum Gasteiger partial charge on any atom is -0.484 e. The molecule has 5 nitrogen and oxygen atoms in total. The third-order valence-corrected chi connectivity index (χ3v) is 2.54. The Morgan fingerprint density at radius 3 is 2.53 bits per heavy atom. The van der Waals surface area contributed by atoms with Crippen LogP contribution >= 0.6 is 0 Å². The second-order valence-electron chi connectivity index (χ2n) is 4.23. The van der Waals surface area contributed by atoms with E-state index >= 15 is 0 Å². The Balaban J connectivity index is 2.01. The summed E-state index contributed by atoms with van der Waals surface area (Å²) in [6, 6.07) is 9.20. The van der Waals surface area contributed by atoms with Crippen molar-refractivity contribution in [1.29, 1.82) is 0 Å². The number of unbranched alkanes of at least 4 members (excludes halogenated alkanes) is 2. The molecule has 0 unspecified atom stereocenters. The first-order chi connectivity index (χ1) is 9.18. The molecule has 0 aromatic heterocycles. The largest absolute Gasteiger partial charge is 0.484 e. The standard InChI is InChI=1S/C14H20N2O3/c15-13(17)9-5-2-6-10-16-14(18)11-19-12-7-3-1-4-8-12/h1,3-4,7-8H,2,5-6,9-11H2,(H2,15,17)(H,16,18). The number of primary amides is 1. The van der Waals surface area contributed by atoms with E-state index in [9.17, 15) is 9.59 Å². The van der Waals surface area contributed by atoms with E-state index in [1.165, 1.54) is 0 Å². The Bertz CT molecular complexity index is 393. The number of para-hydroxylation sites is 1. The van der Waals surface area contributed by atoms with Crippen LogP contribution in [0.3, 0.4) is 0 Å². The van der Waals surface area contributed by atoms with Gasteiger partial charge in [0.2, 0.25) is 5.91 Å². The molecule has 1 aromatic carbocycles. The second kappa shape index (κ2) is 8.97. The molecule has 1 aromatic rings. The van der Waals surface area contributed by atoms with Gasteiger partial charge in [0, 0.05) is 13.0 Å². The fourth-order valence-electron chi connectivity index (χ4n) is 1.55. The highest BCUT2D eigenvalue weighted by atomic mass is 16.5. The van der Waals surface area contributed by atoms with Gasteiger partial charge in [0.1, 0.15) is 5.75 Å². The van der Waals surface area contributed by atoms with E-state index in [1.807, 2.05) is 18.2 Å². The second-order valence-corrected chi connectivity index (χ2v) is 4.23. The molecular weight excluding hydrogens is 244 g/mol. The molecule has 3 N–H and O–H groups in total. The van der Waals surface area contributed by atoms with Gasteiger partial charge in [0.25, 0.3) is 5.91 Å². The molecule has 0 aliphatic rings. The average molecular weight is 264 g/mol. The lowest BCUT2D eigenvalue weighted by atomic mass is 10.2. The molecular formula is C14H20N2O3. The number of rotatable bonds is 9. The molecule has 104 valence electrons. The zero-order chi connectivity index (χ0) is 13.9. The van der Waals surface area contributed by atoms with Gasteiger partial charge in [-0.25, -0.2) is 0 Å². The normalized spacial score (nSPS) is 9.89. The maximum absolute atomic E-state index is 11.4. The SMILES string of the molecule is NC(=O)CCCCCNC(=O)COc1ccccc1. The van der Waals surface area contributed by atoms with E-state index in [-0.39, 0.29) is 18.4 Å². The first-order valence-electron chi connectivity index (χ1n) is 6.41. The van der Waals surface area contributed by atoms with Crippen molar-refractivity contribution >= 4 is 11.8 Å². The molecule has 0 bridgehead atoms. The predicted octanol–water partition coefficient (Wildman–Crippen LogP) is 1.23. The van der Waals surface area contributed by atoms with E-state index in [1.54, 1.807) is 12.1 Å². The Morgan fingerprint density at radius 2 is 1.84 bits per heavy atom. The number of ether oxygens (including phenoxy) is 1. The van der Waals surface area contributed by atoms with E-state index in [2.05, 4.69) is 5.32 Å². The Kier molecular flexibility index (Phi) is 7.09. The van der Waals surface area contributed by atoms with Crippen LogP contribution < -0.4 is 15.8 Å². The topological polar surface area (TPSA) is 81.4 Å². The molecule has 5 heteroatoms. The highest BCUT2D eigenvalue weighted by Crippen LogP contribution is 2.07. The van der Waals surface area contributed by atoms with Crippen LogP contribution in [0.1, 0.15) is 25.7 Å². The fraction of sp³-hybridized carbons (Fsp3) is 0.429. The number of carbonyl (C=O) groups is 2. The minimum atomic E-state index is -0.278. The molecule has 1 rings (SSSR count). The smallest absolute Gasteiger partial charge is 0.257 e. The maximum atomic E-state index is 11.4. The van der Waals surface area contributed by atoms with Gasteiger partial charge in [0.15, 0.2) is 6.61 Å². The van der Waals surface area contributed by atoms with Crippen LogP contribution in [-0.4, -0.2) is 25.0 Å². The summed E-state index contributed by atoms with van der Waals surface area (Å²) in [6.45, 7) is 0.612. The highest BCUT2D eigenvalue weighted by molar-refractivity contribution is 5.77. The Morgan fingerprint density at radius 1 is 1.11 bits per heavy atom. The summed E-state index contributed by atoms with van der Waals surface area (Å²) in [5.74, 6) is 0.262. The van der Waals surface area contributed by atoms with Crippen molar-refractivity contribution in [3.05, 3.63) is 30.3 Å². The number of amides is 2. The summed E-state index contributed by atoms with van der Waals surface area (Å²) in [7, 11) is 0. The van der Waals surface area contributed by atoms with Crippen LogP contribution in [0, 0.1) is 0 Å². The van der Waals surface area contributed by atoms with Crippen LogP contribution in [0.25, 0.3) is 0 Å².